The molecule has 0 unspecified atom stereocenters. The van der Waals surface area contributed by atoms with Crippen molar-refractivity contribution in [2.45, 2.75) is 47.3 Å². The van der Waals surface area contributed by atoms with Crippen LogP contribution in [-0.4, -0.2) is 27.4 Å². The SMILES string of the molecule is Cc1ccc(C)c(OC[C@@H](O)Cn2cnc(C)c(C)c2=O)c1C. The quantitative estimate of drug-likeness (QED) is 0.919. The average molecular weight is 316 g/mol. The van der Waals surface area contributed by atoms with Crippen LogP contribution >= 0.6 is 0 Å². The summed E-state index contributed by atoms with van der Waals surface area (Å²) in [6.45, 7) is 9.83. The Hall–Kier alpha value is -2.14. The van der Waals surface area contributed by atoms with Crippen LogP contribution in [-0.2, 0) is 6.54 Å². The number of rotatable bonds is 5. The van der Waals surface area contributed by atoms with Crippen LogP contribution in [0.2, 0.25) is 0 Å². The van der Waals surface area contributed by atoms with E-state index < -0.39 is 6.10 Å². The number of benzene rings is 1. The summed E-state index contributed by atoms with van der Waals surface area (Å²) in [5.74, 6) is 0.801. The fraction of sp³-hybridized carbons (Fsp3) is 0.444. The predicted molar refractivity (Wildman–Crippen MR) is 90.1 cm³/mol. The summed E-state index contributed by atoms with van der Waals surface area (Å²) >= 11 is 0. The van der Waals surface area contributed by atoms with Crippen molar-refractivity contribution >= 4 is 0 Å². The lowest BCUT2D eigenvalue weighted by Gasteiger charge is -2.17. The molecule has 23 heavy (non-hydrogen) atoms. The van der Waals surface area contributed by atoms with Crippen LogP contribution in [0, 0.1) is 34.6 Å². The molecule has 0 spiro atoms. The van der Waals surface area contributed by atoms with E-state index in [0.717, 1.165) is 22.4 Å². The lowest BCUT2D eigenvalue weighted by Crippen LogP contribution is -2.32. The van der Waals surface area contributed by atoms with Crippen molar-refractivity contribution in [2.24, 2.45) is 0 Å². The topological polar surface area (TPSA) is 64.3 Å². The van der Waals surface area contributed by atoms with Gasteiger partial charge >= 0.3 is 0 Å². The van der Waals surface area contributed by atoms with Gasteiger partial charge in [0, 0.05) is 11.3 Å². The number of hydrogen-bond donors (Lipinski definition) is 1. The van der Waals surface area contributed by atoms with E-state index >= 15 is 0 Å². The van der Waals surface area contributed by atoms with Crippen molar-refractivity contribution in [3.8, 4) is 5.75 Å². The van der Waals surface area contributed by atoms with Crippen LogP contribution in [0.4, 0.5) is 0 Å². The zero-order chi connectivity index (χ0) is 17.1. The summed E-state index contributed by atoms with van der Waals surface area (Å²) in [5.41, 5.74) is 4.44. The fourth-order valence-corrected chi connectivity index (χ4v) is 2.41. The van der Waals surface area contributed by atoms with Gasteiger partial charge in [-0.3, -0.25) is 9.36 Å². The molecule has 0 saturated heterocycles. The predicted octanol–water partition coefficient (Wildman–Crippen LogP) is 2.23. The van der Waals surface area contributed by atoms with Gasteiger partial charge in [0.15, 0.2) is 0 Å². The summed E-state index contributed by atoms with van der Waals surface area (Å²) in [6, 6.07) is 4.05. The monoisotopic (exact) mass is 316 g/mol. The Kier molecular flexibility index (Phi) is 5.21. The summed E-state index contributed by atoms with van der Waals surface area (Å²) in [6.07, 6.45) is 0.688. The van der Waals surface area contributed by atoms with Gasteiger partial charge < -0.3 is 9.84 Å². The minimum Gasteiger partial charge on any atom is -0.490 e. The molecule has 0 aliphatic heterocycles. The zero-order valence-corrected chi connectivity index (χ0v) is 14.4. The highest BCUT2D eigenvalue weighted by Gasteiger charge is 2.12. The Morgan fingerprint density at radius 2 is 1.78 bits per heavy atom. The number of ether oxygens (including phenoxy) is 1. The van der Waals surface area contributed by atoms with Gasteiger partial charge in [-0.25, -0.2) is 4.98 Å². The smallest absolute Gasteiger partial charge is 0.256 e. The van der Waals surface area contributed by atoms with Crippen LogP contribution in [0.25, 0.3) is 0 Å². The first-order valence-corrected chi connectivity index (χ1v) is 7.71. The molecule has 1 aromatic carbocycles. The maximum absolute atomic E-state index is 12.1. The first-order chi connectivity index (χ1) is 10.8. The van der Waals surface area contributed by atoms with Crippen molar-refractivity contribution in [3.05, 3.63) is 56.8 Å². The number of aromatic nitrogens is 2. The van der Waals surface area contributed by atoms with Crippen molar-refractivity contribution in [1.29, 1.82) is 0 Å². The number of aliphatic hydroxyl groups excluding tert-OH is 1. The standard InChI is InChI=1S/C18H24N2O3/c1-11-6-7-12(2)17(13(11)3)23-9-16(21)8-20-10-19-15(5)14(4)18(20)22/h6-7,10,16,21H,8-9H2,1-5H3/t16-/m0/s1. The molecule has 0 amide bonds. The summed E-state index contributed by atoms with van der Waals surface area (Å²) in [5, 5.41) is 10.2. The maximum Gasteiger partial charge on any atom is 0.256 e. The van der Waals surface area contributed by atoms with Gasteiger partial charge in [0.05, 0.1) is 12.9 Å². The molecule has 1 aromatic heterocycles. The highest BCUT2D eigenvalue weighted by molar-refractivity contribution is 5.44. The Labute approximate surface area is 136 Å². The van der Waals surface area contributed by atoms with Crippen LogP contribution in [0.3, 0.4) is 0 Å². The van der Waals surface area contributed by atoms with Gasteiger partial charge in [0.2, 0.25) is 0 Å². The number of aliphatic hydroxyl groups is 1. The molecule has 5 nitrogen and oxygen atoms in total. The normalized spacial score (nSPS) is 12.3. The zero-order valence-electron chi connectivity index (χ0n) is 14.4. The largest absolute Gasteiger partial charge is 0.490 e. The molecule has 0 saturated carbocycles. The Morgan fingerprint density at radius 1 is 1.13 bits per heavy atom. The minimum atomic E-state index is -0.782. The van der Waals surface area contributed by atoms with Gasteiger partial charge in [-0.1, -0.05) is 12.1 Å². The molecular formula is C18H24N2O3. The van der Waals surface area contributed by atoms with Gasteiger partial charge in [-0.2, -0.15) is 0 Å². The molecule has 1 atom stereocenters. The van der Waals surface area contributed by atoms with E-state index in [0.29, 0.717) is 11.3 Å². The molecule has 1 N–H and O–H groups in total. The molecule has 2 aromatic rings. The molecule has 0 fully saturated rings. The van der Waals surface area contributed by atoms with E-state index in [4.69, 9.17) is 4.74 Å². The Balaban J connectivity index is 2.07. The van der Waals surface area contributed by atoms with Gasteiger partial charge in [0.1, 0.15) is 18.5 Å². The van der Waals surface area contributed by atoms with Crippen molar-refractivity contribution in [3.63, 3.8) is 0 Å². The summed E-state index contributed by atoms with van der Waals surface area (Å²) in [4.78, 5) is 16.3. The Morgan fingerprint density at radius 3 is 2.48 bits per heavy atom. The van der Waals surface area contributed by atoms with Crippen LogP contribution < -0.4 is 10.3 Å². The average Bonchev–Trinajstić information content (AvgIpc) is 2.52. The van der Waals surface area contributed by atoms with Crippen LogP contribution in [0.5, 0.6) is 5.75 Å². The van der Waals surface area contributed by atoms with Gasteiger partial charge in [-0.15, -0.1) is 0 Å². The van der Waals surface area contributed by atoms with Crippen molar-refractivity contribution in [1.82, 2.24) is 9.55 Å². The second-order valence-electron chi connectivity index (χ2n) is 6.03. The van der Waals surface area contributed by atoms with Gasteiger partial charge in [0.25, 0.3) is 5.56 Å². The van der Waals surface area contributed by atoms with Crippen molar-refractivity contribution < 1.29 is 9.84 Å². The van der Waals surface area contributed by atoms with E-state index in [1.807, 2.05) is 32.9 Å². The maximum atomic E-state index is 12.1. The number of nitrogens with zero attached hydrogens (tertiary/aromatic N) is 2. The van der Waals surface area contributed by atoms with E-state index in [1.165, 1.54) is 10.9 Å². The van der Waals surface area contributed by atoms with Gasteiger partial charge in [-0.05, 0) is 51.3 Å². The molecule has 0 aliphatic carbocycles. The molecule has 124 valence electrons. The fourth-order valence-electron chi connectivity index (χ4n) is 2.41. The van der Waals surface area contributed by atoms with Crippen LogP contribution in [0.15, 0.2) is 23.3 Å². The molecule has 0 bridgehead atoms. The van der Waals surface area contributed by atoms with Crippen molar-refractivity contribution in [2.75, 3.05) is 6.61 Å². The molecule has 2 rings (SSSR count). The first-order valence-electron chi connectivity index (χ1n) is 7.71. The van der Waals surface area contributed by atoms with E-state index in [2.05, 4.69) is 4.98 Å². The summed E-state index contributed by atoms with van der Waals surface area (Å²) < 4.78 is 7.21. The second-order valence-corrected chi connectivity index (χ2v) is 6.03. The third-order valence-electron chi connectivity index (χ3n) is 4.22. The van der Waals surface area contributed by atoms with E-state index in [9.17, 15) is 9.90 Å². The second kappa shape index (κ2) is 6.96. The highest BCUT2D eigenvalue weighted by Crippen LogP contribution is 2.25. The molecule has 1 heterocycles. The highest BCUT2D eigenvalue weighted by atomic mass is 16.5. The Bertz CT molecular complexity index is 766. The number of hydrogen-bond acceptors (Lipinski definition) is 4. The van der Waals surface area contributed by atoms with E-state index in [-0.39, 0.29) is 18.7 Å². The van der Waals surface area contributed by atoms with E-state index in [1.54, 1.807) is 13.8 Å². The minimum absolute atomic E-state index is 0.125. The molecular weight excluding hydrogens is 292 g/mol. The molecule has 0 radical (unpaired) electrons. The third-order valence-corrected chi connectivity index (χ3v) is 4.22. The summed E-state index contributed by atoms with van der Waals surface area (Å²) in [7, 11) is 0. The molecule has 0 aliphatic rings. The first kappa shape index (κ1) is 17.2. The number of aryl methyl sites for hydroxylation is 3. The lowest BCUT2D eigenvalue weighted by atomic mass is 10.1. The third kappa shape index (κ3) is 3.79. The van der Waals surface area contributed by atoms with Crippen LogP contribution in [0.1, 0.15) is 27.9 Å². The lowest BCUT2D eigenvalue weighted by molar-refractivity contribution is 0.0905. The molecule has 5 heteroatoms.